The molecule has 1 aromatic rings. The van der Waals surface area contributed by atoms with Crippen molar-refractivity contribution < 1.29 is 5.11 Å². The van der Waals surface area contributed by atoms with E-state index in [9.17, 15) is 5.11 Å². The molecule has 1 aromatic heterocycles. The van der Waals surface area contributed by atoms with E-state index in [1.165, 1.54) is 0 Å². The van der Waals surface area contributed by atoms with Gasteiger partial charge in [0.2, 0.25) is 0 Å². The molecule has 1 unspecified atom stereocenters. The molecule has 0 aliphatic heterocycles. The molecule has 15 heavy (non-hydrogen) atoms. The lowest BCUT2D eigenvalue weighted by atomic mass is 10.0. The van der Waals surface area contributed by atoms with E-state index >= 15 is 0 Å². The monoisotopic (exact) mass is 272 g/mol. The molecule has 4 heteroatoms. The average Bonchev–Trinajstić information content (AvgIpc) is 2.12. The second-order valence-corrected chi connectivity index (χ2v) is 5.02. The summed E-state index contributed by atoms with van der Waals surface area (Å²) in [5.74, 6) is 0. The van der Waals surface area contributed by atoms with Gasteiger partial charge >= 0.3 is 0 Å². The van der Waals surface area contributed by atoms with Crippen LogP contribution in [0.1, 0.15) is 26.5 Å². The van der Waals surface area contributed by atoms with Crippen LogP contribution < -0.4 is 5.32 Å². The fourth-order valence-corrected chi connectivity index (χ4v) is 1.44. The number of aromatic nitrogens is 1. The van der Waals surface area contributed by atoms with Crippen molar-refractivity contribution in [3.63, 3.8) is 0 Å². The van der Waals surface area contributed by atoms with Gasteiger partial charge in [-0.3, -0.25) is 0 Å². The maximum Gasteiger partial charge on any atom is 0.106 e. The molecule has 0 aromatic carbocycles. The van der Waals surface area contributed by atoms with Crippen LogP contribution >= 0.6 is 15.9 Å². The zero-order valence-corrected chi connectivity index (χ0v) is 10.9. The first-order chi connectivity index (χ1) is 6.89. The summed E-state index contributed by atoms with van der Waals surface area (Å²) in [7, 11) is 0. The second kappa shape index (κ2) is 5.05. The number of rotatable bonds is 4. The Kier molecular flexibility index (Phi) is 4.25. The lowest BCUT2D eigenvalue weighted by Gasteiger charge is -2.26. The Morgan fingerprint density at radius 2 is 2.20 bits per heavy atom. The minimum atomic E-state index is -0.716. The van der Waals surface area contributed by atoms with E-state index in [4.69, 9.17) is 0 Å². The van der Waals surface area contributed by atoms with Crippen molar-refractivity contribution in [3.8, 4) is 0 Å². The molecule has 0 aliphatic carbocycles. The zero-order valence-electron chi connectivity index (χ0n) is 9.29. The standard InChI is InChI=1S/C11H17BrN2O/c1-8(11(2,3)15)13-7-9-5-4-6-10(12)14-9/h4-6,8,13,15H,7H2,1-3H3. The van der Waals surface area contributed by atoms with Gasteiger partial charge in [0.05, 0.1) is 11.3 Å². The number of pyridine rings is 1. The third-order valence-corrected chi connectivity index (χ3v) is 2.86. The van der Waals surface area contributed by atoms with E-state index in [2.05, 4.69) is 26.2 Å². The third kappa shape index (κ3) is 4.28. The van der Waals surface area contributed by atoms with E-state index < -0.39 is 5.60 Å². The van der Waals surface area contributed by atoms with Gasteiger partial charge in [0.15, 0.2) is 0 Å². The quantitative estimate of drug-likeness (QED) is 0.826. The molecule has 0 aliphatic rings. The van der Waals surface area contributed by atoms with E-state index in [1.54, 1.807) is 13.8 Å². The van der Waals surface area contributed by atoms with Crippen LogP contribution in [-0.4, -0.2) is 21.7 Å². The molecule has 0 amide bonds. The fraction of sp³-hybridized carbons (Fsp3) is 0.545. The van der Waals surface area contributed by atoms with E-state index in [0.717, 1.165) is 10.3 Å². The second-order valence-electron chi connectivity index (χ2n) is 4.21. The fourth-order valence-electron chi connectivity index (χ4n) is 1.06. The molecule has 0 radical (unpaired) electrons. The van der Waals surface area contributed by atoms with E-state index in [1.807, 2.05) is 25.1 Å². The molecule has 0 bridgehead atoms. The van der Waals surface area contributed by atoms with Gasteiger partial charge in [-0.1, -0.05) is 6.07 Å². The predicted octanol–water partition coefficient (Wildman–Crippen LogP) is 2.09. The van der Waals surface area contributed by atoms with Crippen LogP contribution in [-0.2, 0) is 6.54 Å². The molecule has 0 fully saturated rings. The summed E-state index contributed by atoms with van der Waals surface area (Å²) in [4.78, 5) is 4.30. The maximum atomic E-state index is 9.73. The Morgan fingerprint density at radius 1 is 1.53 bits per heavy atom. The lowest BCUT2D eigenvalue weighted by molar-refractivity contribution is 0.0436. The summed E-state index contributed by atoms with van der Waals surface area (Å²) in [6, 6.07) is 5.82. The molecule has 3 nitrogen and oxygen atoms in total. The smallest absolute Gasteiger partial charge is 0.106 e. The first-order valence-corrected chi connectivity index (χ1v) is 5.76. The lowest BCUT2D eigenvalue weighted by Crippen LogP contribution is -2.44. The van der Waals surface area contributed by atoms with Gasteiger partial charge in [0, 0.05) is 12.6 Å². The minimum absolute atomic E-state index is 0.0262. The van der Waals surface area contributed by atoms with Crippen LogP contribution in [0.4, 0.5) is 0 Å². The Bertz CT molecular complexity index is 323. The van der Waals surface area contributed by atoms with Gasteiger partial charge in [-0.15, -0.1) is 0 Å². The van der Waals surface area contributed by atoms with Crippen molar-refractivity contribution in [1.29, 1.82) is 0 Å². The summed E-state index contributed by atoms with van der Waals surface area (Å²) in [6.45, 7) is 6.20. The summed E-state index contributed by atoms with van der Waals surface area (Å²) >= 11 is 3.32. The van der Waals surface area contributed by atoms with Crippen LogP contribution in [0.5, 0.6) is 0 Å². The molecular formula is C11H17BrN2O. The first-order valence-electron chi connectivity index (χ1n) is 4.97. The molecule has 1 rings (SSSR count). The van der Waals surface area contributed by atoms with Crippen LogP contribution in [0.2, 0.25) is 0 Å². The van der Waals surface area contributed by atoms with Crippen molar-refractivity contribution in [2.75, 3.05) is 0 Å². The molecule has 0 saturated heterocycles. The van der Waals surface area contributed by atoms with Crippen molar-refractivity contribution in [3.05, 3.63) is 28.5 Å². The van der Waals surface area contributed by atoms with Crippen LogP contribution in [0.15, 0.2) is 22.8 Å². The van der Waals surface area contributed by atoms with Gasteiger partial charge in [-0.05, 0) is 48.8 Å². The summed E-state index contributed by atoms with van der Waals surface area (Å²) in [5, 5.41) is 13.0. The Morgan fingerprint density at radius 3 is 2.73 bits per heavy atom. The predicted molar refractivity (Wildman–Crippen MR) is 64.5 cm³/mol. The van der Waals surface area contributed by atoms with Crippen molar-refractivity contribution >= 4 is 15.9 Å². The molecular weight excluding hydrogens is 256 g/mol. The number of aliphatic hydroxyl groups is 1. The Hall–Kier alpha value is -0.450. The Balaban J connectivity index is 2.51. The first kappa shape index (κ1) is 12.6. The van der Waals surface area contributed by atoms with Crippen molar-refractivity contribution in [2.45, 2.75) is 39.0 Å². The minimum Gasteiger partial charge on any atom is -0.389 e. The highest BCUT2D eigenvalue weighted by Crippen LogP contribution is 2.09. The Labute approximate surface area is 99.1 Å². The third-order valence-electron chi connectivity index (χ3n) is 2.42. The number of nitrogens with zero attached hydrogens (tertiary/aromatic N) is 1. The molecule has 84 valence electrons. The topological polar surface area (TPSA) is 45.2 Å². The SMILES string of the molecule is CC(NCc1cccc(Br)n1)C(C)(C)O. The number of hydrogen-bond donors (Lipinski definition) is 2. The highest BCUT2D eigenvalue weighted by atomic mass is 79.9. The van der Waals surface area contributed by atoms with Crippen molar-refractivity contribution in [1.82, 2.24) is 10.3 Å². The summed E-state index contributed by atoms with van der Waals surface area (Å²) < 4.78 is 0.831. The van der Waals surface area contributed by atoms with Crippen molar-refractivity contribution in [2.24, 2.45) is 0 Å². The summed E-state index contributed by atoms with van der Waals surface area (Å²) in [5.41, 5.74) is 0.243. The largest absolute Gasteiger partial charge is 0.389 e. The highest BCUT2D eigenvalue weighted by molar-refractivity contribution is 9.10. The van der Waals surface area contributed by atoms with E-state index in [-0.39, 0.29) is 6.04 Å². The average molecular weight is 273 g/mol. The normalized spacial score (nSPS) is 13.9. The highest BCUT2D eigenvalue weighted by Gasteiger charge is 2.21. The van der Waals surface area contributed by atoms with E-state index in [0.29, 0.717) is 6.54 Å². The van der Waals surface area contributed by atoms with Gasteiger partial charge in [0.1, 0.15) is 4.60 Å². The van der Waals surface area contributed by atoms with Gasteiger partial charge in [0.25, 0.3) is 0 Å². The summed E-state index contributed by atoms with van der Waals surface area (Å²) in [6.07, 6.45) is 0. The van der Waals surface area contributed by atoms with Gasteiger partial charge in [-0.25, -0.2) is 4.98 Å². The zero-order chi connectivity index (χ0) is 11.5. The molecule has 0 spiro atoms. The van der Waals surface area contributed by atoms with Crippen LogP contribution in [0.3, 0.4) is 0 Å². The van der Waals surface area contributed by atoms with Crippen LogP contribution in [0, 0.1) is 0 Å². The maximum absolute atomic E-state index is 9.73. The number of halogens is 1. The molecule has 0 saturated carbocycles. The number of nitrogens with one attached hydrogen (secondary N) is 1. The number of hydrogen-bond acceptors (Lipinski definition) is 3. The molecule has 1 atom stereocenters. The van der Waals surface area contributed by atoms with Gasteiger partial charge in [-0.2, -0.15) is 0 Å². The molecule has 1 heterocycles. The molecule has 2 N–H and O–H groups in total. The van der Waals surface area contributed by atoms with Crippen LogP contribution in [0.25, 0.3) is 0 Å². The van der Waals surface area contributed by atoms with Gasteiger partial charge < -0.3 is 10.4 Å².